The predicted octanol–water partition coefficient (Wildman–Crippen LogP) is 6.58. The number of aliphatic hydroxyl groups is 1. The van der Waals surface area contributed by atoms with Crippen molar-refractivity contribution in [2.75, 3.05) is 45.4 Å². The number of aryl methyl sites for hydroxylation is 1. The molecule has 62 heavy (non-hydrogen) atoms. The number of fused-ring (bicyclic) bond motifs is 2. The van der Waals surface area contributed by atoms with E-state index in [0.29, 0.717) is 30.1 Å². The lowest BCUT2D eigenvalue weighted by Gasteiger charge is -2.22. The number of aliphatic hydroxyl groups excluding tert-OH is 1. The number of hydrogen-bond donors (Lipinski definition) is 5. The Bertz CT molecular complexity index is 2620. The summed E-state index contributed by atoms with van der Waals surface area (Å²) < 4.78 is 11.8. The molecule has 0 saturated carbocycles. The number of para-hydroxylation sites is 1. The molecule has 0 unspecified atom stereocenters. The molecule has 5 aromatic heterocycles. The van der Waals surface area contributed by atoms with E-state index in [1.165, 1.54) is 46.2 Å². The van der Waals surface area contributed by atoms with Crippen molar-refractivity contribution in [1.29, 1.82) is 0 Å². The van der Waals surface area contributed by atoms with Crippen LogP contribution in [0.3, 0.4) is 0 Å². The van der Waals surface area contributed by atoms with Crippen molar-refractivity contribution < 1.29 is 29.4 Å². The van der Waals surface area contributed by atoms with Crippen molar-refractivity contribution in [3.05, 3.63) is 130 Å². The maximum absolute atomic E-state index is 11.5. The molecule has 1 saturated heterocycles. The van der Waals surface area contributed by atoms with Gasteiger partial charge in [0.05, 0.1) is 35.1 Å². The van der Waals surface area contributed by atoms with Gasteiger partial charge >= 0.3 is 0 Å². The second-order valence-corrected chi connectivity index (χ2v) is 15.9. The molecule has 8 rings (SSSR count). The smallest absolute Gasteiger partial charge is 0.277 e. The Labute approximate surface area is 362 Å². The molecule has 16 heteroatoms. The zero-order valence-corrected chi connectivity index (χ0v) is 35.6. The fraction of sp³-hybridized carbons (Fsp3) is 0.283. The van der Waals surface area contributed by atoms with E-state index in [0.717, 1.165) is 77.5 Å². The average Bonchev–Trinajstić information content (AvgIpc) is 3.88. The van der Waals surface area contributed by atoms with E-state index in [-0.39, 0.29) is 11.3 Å². The zero-order chi connectivity index (χ0) is 43.4. The van der Waals surface area contributed by atoms with E-state index >= 15 is 0 Å². The van der Waals surface area contributed by atoms with Crippen molar-refractivity contribution >= 4 is 56.2 Å². The molecule has 6 heterocycles. The highest BCUT2D eigenvalue weighted by molar-refractivity contribution is 7.19. The summed E-state index contributed by atoms with van der Waals surface area (Å²) >= 11 is 1.67. The van der Waals surface area contributed by atoms with Gasteiger partial charge in [-0.1, -0.05) is 48.5 Å². The monoisotopic (exact) mass is 855 g/mol. The van der Waals surface area contributed by atoms with Crippen LogP contribution < -0.4 is 20.4 Å². The molecular weight excluding hydrogens is 807 g/mol. The molecule has 1 fully saturated rings. The van der Waals surface area contributed by atoms with Crippen LogP contribution in [0, 0.1) is 6.92 Å². The Morgan fingerprint density at radius 3 is 2.50 bits per heavy atom. The number of aromatic amines is 1. The van der Waals surface area contributed by atoms with Gasteiger partial charge in [-0.2, -0.15) is 0 Å². The molecule has 1 aliphatic rings. The summed E-state index contributed by atoms with van der Waals surface area (Å²) in [5, 5.41) is 22.3. The number of benzene rings is 2. The molecular formula is C46H49N9O6S. The van der Waals surface area contributed by atoms with E-state index in [2.05, 4.69) is 62.5 Å². The van der Waals surface area contributed by atoms with Gasteiger partial charge in [-0.15, -0.1) is 11.3 Å². The molecule has 2 aromatic carbocycles. The summed E-state index contributed by atoms with van der Waals surface area (Å²) in [6.07, 6.45) is 10.4. The van der Waals surface area contributed by atoms with Gasteiger partial charge in [-0.05, 0) is 73.7 Å². The third-order valence-electron chi connectivity index (χ3n) is 10.5. The Kier molecular flexibility index (Phi) is 14.7. The maximum Gasteiger partial charge on any atom is 0.277 e. The first kappa shape index (κ1) is 43.7. The molecule has 0 aliphatic carbocycles. The van der Waals surface area contributed by atoms with Gasteiger partial charge in [-0.3, -0.25) is 14.8 Å². The van der Waals surface area contributed by atoms with Crippen LogP contribution in [0.15, 0.2) is 91.4 Å². The number of amides is 1. The van der Waals surface area contributed by atoms with Crippen molar-refractivity contribution in [3.63, 3.8) is 0 Å². The molecule has 7 aromatic rings. The number of aromatic nitrogens is 6. The van der Waals surface area contributed by atoms with Gasteiger partial charge in [0.25, 0.3) is 5.91 Å². The first-order valence-corrected chi connectivity index (χ1v) is 21.1. The Morgan fingerprint density at radius 2 is 1.79 bits per heavy atom. The molecule has 1 amide bonds. The van der Waals surface area contributed by atoms with Crippen LogP contribution in [0.25, 0.3) is 38.6 Å². The normalized spacial score (nSPS) is 13.0. The number of anilines is 1. The number of pyridine rings is 1. The topological polar surface area (TPSA) is 201 Å². The average molecular weight is 856 g/mol. The standard InChI is InChI=1S/C24H25N7O4S.C22H24N2O2/c1-31(24-26-11-16(12-27-24)23(32)30-33)13-17-9-18-21(36-17)20(14-5-7-35-8-6-14)29-22(28-18)15-3-4-19(34-2)25-10-15;1-16-20(21-4-2-3-5-22(21)24-16)12-13-23-14-18-8-6-17(7-9-18)10-11-19(26)15-25/h3-4,9-12,14,33H,5-8,13H2,1-2H3,(H,30,32);2-11,23-25H,12-15H2,1H3/b;11-10+. The quantitative estimate of drug-likeness (QED) is 0.0321. The Hall–Kier alpha value is -6.43. The van der Waals surface area contributed by atoms with E-state index < -0.39 is 12.5 Å². The predicted molar refractivity (Wildman–Crippen MR) is 239 cm³/mol. The van der Waals surface area contributed by atoms with Crippen molar-refractivity contribution in [2.24, 2.45) is 0 Å². The third-order valence-corrected chi connectivity index (χ3v) is 11.6. The molecule has 5 N–H and O–H groups in total. The number of carbonyl (C=O) groups excluding carboxylic acids is 2. The summed E-state index contributed by atoms with van der Waals surface area (Å²) in [4.78, 5) is 51.7. The number of hydrogen-bond acceptors (Lipinski definition) is 14. The Morgan fingerprint density at radius 1 is 1.02 bits per heavy atom. The van der Waals surface area contributed by atoms with E-state index in [1.54, 1.807) is 42.3 Å². The number of H-pyrrole nitrogens is 1. The highest BCUT2D eigenvalue weighted by Crippen LogP contribution is 2.37. The van der Waals surface area contributed by atoms with Gasteiger partial charge in [0.15, 0.2) is 11.6 Å². The summed E-state index contributed by atoms with van der Waals surface area (Å²) in [6.45, 7) is 5.39. The summed E-state index contributed by atoms with van der Waals surface area (Å²) in [6, 6.07) is 22.3. The second-order valence-electron chi connectivity index (χ2n) is 14.8. The van der Waals surface area contributed by atoms with Crippen LogP contribution >= 0.6 is 11.3 Å². The number of hydroxylamine groups is 1. The number of carbonyl (C=O) groups is 2. The van der Waals surface area contributed by atoms with Crippen LogP contribution in [0.1, 0.15) is 62.1 Å². The van der Waals surface area contributed by atoms with Crippen LogP contribution in [-0.4, -0.2) is 92.4 Å². The summed E-state index contributed by atoms with van der Waals surface area (Å²) in [7, 11) is 3.47. The number of nitrogens with one attached hydrogen (secondary N) is 3. The number of nitrogens with zero attached hydrogens (tertiary/aromatic N) is 6. The molecule has 1 aliphatic heterocycles. The SMILES string of the molecule is COc1ccc(-c2nc(C3CCOCC3)c3sc(CN(C)c4ncc(C(=O)NO)cn4)cc3n2)cn1.Cc1[nH]c2ccccc2c1CCNCc1ccc(/C=C/C(=O)CO)cc1. The van der Waals surface area contributed by atoms with E-state index in [1.807, 2.05) is 42.3 Å². The number of rotatable bonds is 15. The van der Waals surface area contributed by atoms with Crippen LogP contribution in [0.4, 0.5) is 5.95 Å². The lowest BCUT2D eigenvalue weighted by atomic mass is 9.96. The van der Waals surface area contributed by atoms with Gasteiger partial charge in [0, 0.05) is 84.4 Å². The maximum atomic E-state index is 11.5. The Balaban J connectivity index is 0.000000197. The van der Waals surface area contributed by atoms with Gasteiger partial charge in [0.2, 0.25) is 11.8 Å². The van der Waals surface area contributed by atoms with Crippen molar-refractivity contribution in [1.82, 2.24) is 40.7 Å². The fourth-order valence-corrected chi connectivity index (χ4v) is 8.40. The minimum atomic E-state index is -0.657. The molecule has 0 spiro atoms. The van der Waals surface area contributed by atoms with Crippen molar-refractivity contribution in [2.45, 2.75) is 45.2 Å². The highest BCUT2D eigenvalue weighted by Gasteiger charge is 2.24. The van der Waals surface area contributed by atoms with Gasteiger partial charge in [0.1, 0.15) is 6.61 Å². The minimum Gasteiger partial charge on any atom is -0.481 e. The lowest BCUT2D eigenvalue weighted by molar-refractivity contribution is -0.117. The molecule has 0 bridgehead atoms. The number of methoxy groups -OCH3 is 1. The summed E-state index contributed by atoms with van der Waals surface area (Å²) in [5.41, 5.74) is 10.5. The molecule has 320 valence electrons. The molecule has 0 atom stereocenters. The number of ketones is 1. The number of ether oxygens (including phenoxy) is 2. The van der Waals surface area contributed by atoms with Crippen LogP contribution in [-0.2, 0) is 29.0 Å². The largest absolute Gasteiger partial charge is 0.481 e. The van der Waals surface area contributed by atoms with E-state index in [4.69, 9.17) is 29.8 Å². The molecule has 15 nitrogen and oxygen atoms in total. The van der Waals surface area contributed by atoms with Gasteiger partial charge < -0.3 is 29.8 Å². The fourth-order valence-electron chi connectivity index (χ4n) is 7.19. The van der Waals surface area contributed by atoms with Crippen molar-refractivity contribution in [3.8, 4) is 17.3 Å². The number of thiophene rings is 1. The van der Waals surface area contributed by atoms with Crippen LogP contribution in [0.5, 0.6) is 5.88 Å². The van der Waals surface area contributed by atoms with E-state index in [9.17, 15) is 9.59 Å². The van der Waals surface area contributed by atoms with Crippen LogP contribution in [0.2, 0.25) is 0 Å². The minimum absolute atomic E-state index is 0.174. The van der Waals surface area contributed by atoms with Gasteiger partial charge in [-0.25, -0.2) is 30.4 Å². The zero-order valence-electron chi connectivity index (χ0n) is 34.8. The first-order chi connectivity index (χ1) is 30.2. The first-order valence-electron chi connectivity index (χ1n) is 20.3. The third kappa shape index (κ3) is 10.9. The lowest BCUT2D eigenvalue weighted by Crippen LogP contribution is -2.21. The molecule has 0 radical (unpaired) electrons. The summed E-state index contributed by atoms with van der Waals surface area (Å²) in [5.74, 6) is 0.990. The highest BCUT2D eigenvalue weighted by atomic mass is 32.1. The second kappa shape index (κ2) is 20.9.